The van der Waals surface area contributed by atoms with Crippen LogP contribution in [0, 0.1) is 0 Å². The monoisotopic (exact) mass is 257 g/mol. The molecule has 0 atom stereocenters. The van der Waals surface area contributed by atoms with Gasteiger partial charge in [-0.25, -0.2) is 5.43 Å². The molecule has 2 aromatic carbocycles. The molecule has 3 N–H and O–H groups in total. The Morgan fingerprint density at radius 3 is 2.17 bits per heavy atom. The van der Waals surface area contributed by atoms with Crippen molar-refractivity contribution in [3.63, 3.8) is 0 Å². The molecule has 0 radical (unpaired) electrons. The molecule has 0 saturated carbocycles. The summed E-state index contributed by atoms with van der Waals surface area (Å²) in [6.45, 7) is 0.720. The van der Waals surface area contributed by atoms with E-state index in [-0.39, 0.29) is 0 Å². The topological polar surface area (TPSA) is 36.1 Å². The molecule has 3 nitrogen and oxygen atoms in total. The Kier molecular flexibility index (Phi) is 4.69. The lowest BCUT2D eigenvalue weighted by Crippen LogP contribution is -2.39. The molecule has 0 unspecified atom stereocenters. The zero-order valence-corrected chi connectivity index (χ0v) is 10.7. The van der Waals surface area contributed by atoms with Crippen molar-refractivity contribution in [3.05, 3.63) is 66.2 Å². The molecular formula is C14H15N3S. The minimum atomic E-state index is 0.553. The van der Waals surface area contributed by atoms with Gasteiger partial charge >= 0.3 is 0 Å². The summed E-state index contributed by atoms with van der Waals surface area (Å²) in [5.41, 5.74) is 8.19. The first-order chi connectivity index (χ1) is 8.84. The van der Waals surface area contributed by atoms with Gasteiger partial charge in [-0.15, -0.1) is 0 Å². The molecule has 0 spiro atoms. The highest BCUT2D eigenvalue weighted by Gasteiger charge is 1.95. The maximum atomic E-state index is 5.17. The third-order valence-corrected chi connectivity index (χ3v) is 2.57. The minimum Gasteiger partial charge on any atom is -0.332 e. The van der Waals surface area contributed by atoms with Gasteiger partial charge in [0.25, 0.3) is 0 Å². The summed E-state index contributed by atoms with van der Waals surface area (Å²) in [6, 6.07) is 20.0. The van der Waals surface area contributed by atoms with E-state index in [9.17, 15) is 0 Å². The van der Waals surface area contributed by atoms with Gasteiger partial charge in [0.1, 0.15) is 0 Å². The molecule has 0 fully saturated rings. The first kappa shape index (κ1) is 12.5. The molecule has 0 heterocycles. The Morgan fingerprint density at radius 2 is 1.50 bits per heavy atom. The van der Waals surface area contributed by atoms with Gasteiger partial charge in [-0.1, -0.05) is 48.5 Å². The Balaban J connectivity index is 1.73. The van der Waals surface area contributed by atoms with Gasteiger partial charge < -0.3 is 5.32 Å². The number of hydrogen-bond donors (Lipinski definition) is 3. The van der Waals surface area contributed by atoms with Crippen molar-refractivity contribution in [1.82, 2.24) is 10.9 Å². The number of hydrogen-bond acceptors (Lipinski definition) is 2. The van der Waals surface area contributed by atoms with Crippen LogP contribution in [0.4, 0.5) is 5.69 Å². The van der Waals surface area contributed by atoms with Gasteiger partial charge in [0.05, 0.1) is 0 Å². The van der Waals surface area contributed by atoms with Crippen molar-refractivity contribution in [1.29, 1.82) is 0 Å². The fourth-order valence-corrected chi connectivity index (χ4v) is 1.70. The van der Waals surface area contributed by atoms with Crippen molar-refractivity contribution >= 4 is 23.0 Å². The number of rotatable bonds is 4. The predicted octanol–water partition coefficient (Wildman–Crippen LogP) is 2.68. The van der Waals surface area contributed by atoms with Crippen LogP contribution in [-0.4, -0.2) is 5.11 Å². The smallest absolute Gasteiger partial charge is 0.185 e. The highest BCUT2D eigenvalue weighted by molar-refractivity contribution is 7.80. The third-order valence-electron chi connectivity index (χ3n) is 2.37. The van der Waals surface area contributed by atoms with E-state index in [1.54, 1.807) is 0 Å². The molecule has 4 heteroatoms. The van der Waals surface area contributed by atoms with E-state index in [0.29, 0.717) is 5.11 Å². The van der Waals surface area contributed by atoms with Crippen molar-refractivity contribution in [2.75, 3.05) is 5.32 Å². The quantitative estimate of drug-likeness (QED) is 0.581. The van der Waals surface area contributed by atoms with E-state index >= 15 is 0 Å². The van der Waals surface area contributed by atoms with Crippen LogP contribution in [0.5, 0.6) is 0 Å². The lowest BCUT2D eigenvalue weighted by molar-refractivity contribution is 0.658. The third kappa shape index (κ3) is 4.16. The lowest BCUT2D eigenvalue weighted by Gasteiger charge is -2.11. The van der Waals surface area contributed by atoms with E-state index in [0.717, 1.165) is 12.2 Å². The molecule has 2 aromatic rings. The summed E-state index contributed by atoms with van der Waals surface area (Å²) in [4.78, 5) is 0. The molecule has 0 saturated heterocycles. The standard InChI is InChI=1S/C14H15N3S/c18-14(16-13-9-5-2-6-10-13)17-15-11-12-7-3-1-4-8-12/h1-10,15H,11H2,(H2,16,17,18). The lowest BCUT2D eigenvalue weighted by atomic mass is 10.2. The Morgan fingerprint density at radius 1 is 0.889 bits per heavy atom. The van der Waals surface area contributed by atoms with E-state index in [1.165, 1.54) is 5.56 Å². The fourth-order valence-electron chi connectivity index (χ4n) is 1.51. The van der Waals surface area contributed by atoms with Gasteiger partial charge in [0.2, 0.25) is 0 Å². The summed E-state index contributed by atoms with van der Waals surface area (Å²) in [5.74, 6) is 0. The zero-order chi connectivity index (χ0) is 12.6. The number of hydrazine groups is 1. The summed E-state index contributed by atoms with van der Waals surface area (Å²) < 4.78 is 0. The highest BCUT2D eigenvalue weighted by atomic mass is 32.1. The van der Waals surface area contributed by atoms with Gasteiger partial charge in [-0.05, 0) is 29.9 Å². The van der Waals surface area contributed by atoms with Crippen LogP contribution in [0.15, 0.2) is 60.7 Å². The van der Waals surface area contributed by atoms with Gasteiger partial charge in [0.15, 0.2) is 5.11 Å². The average molecular weight is 257 g/mol. The largest absolute Gasteiger partial charge is 0.332 e. The second-order valence-electron chi connectivity index (χ2n) is 3.78. The second-order valence-corrected chi connectivity index (χ2v) is 4.19. The number of para-hydroxylation sites is 1. The normalized spacial score (nSPS) is 9.78. The molecule has 2 rings (SSSR count). The van der Waals surface area contributed by atoms with Crippen LogP contribution in [0.2, 0.25) is 0 Å². The number of thiocarbonyl (C=S) groups is 1. The molecule has 0 bridgehead atoms. The van der Waals surface area contributed by atoms with Crippen molar-refractivity contribution < 1.29 is 0 Å². The first-order valence-electron chi connectivity index (χ1n) is 5.73. The maximum absolute atomic E-state index is 5.17. The molecule has 0 aromatic heterocycles. The SMILES string of the molecule is S=C(NNCc1ccccc1)Nc1ccccc1. The Labute approximate surface area is 112 Å². The van der Waals surface area contributed by atoms with Crippen molar-refractivity contribution in [2.45, 2.75) is 6.54 Å². The molecule has 0 amide bonds. The molecular weight excluding hydrogens is 242 g/mol. The molecule has 0 aliphatic heterocycles. The fraction of sp³-hybridized carbons (Fsp3) is 0.0714. The summed E-state index contributed by atoms with van der Waals surface area (Å²) in [6.07, 6.45) is 0. The molecule has 0 aliphatic carbocycles. The van der Waals surface area contributed by atoms with Crippen LogP contribution in [-0.2, 0) is 6.54 Å². The number of nitrogens with one attached hydrogen (secondary N) is 3. The second kappa shape index (κ2) is 6.74. The summed E-state index contributed by atoms with van der Waals surface area (Å²) >= 11 is 5.17. The Hall–Kier alpha value is -1.91. The highest BCUT2D eigenvalue weighted by Crippen LogP contribution is 2.04. The summed E-state index contributed by atoms with van der Waals surface area (Å²) in [5, 5.41) is 3.64. The number of benzene rings is 2. The average Bonchev–Trinajstić information content (AvgIpc) is 2.41. The Bertz CT molecular complexity index is 485. The van der Waals surface area contributed by atoms with E-state index in [4.69, 9.17) is 12.2 Å². The first-order valence-corrected chi connectivity index (χ1v) is 6.14. The van der Waals surface area contributed by atoms with Crippen LogP contribution in [0.25, 0.3) is 0 Å². The van der Waals surface area contributed by atoms with Crippen molar-refractivity contribution in [2.24, 2.45) is 0 Å². The summed E-state index contributed by atoms with van der Waals surface area (Å²) in [7, 11) is 0. The van der Waals surface area contributed by atoms with Crippen molar-refractivity contribution in [3.8, 4) is 0 Å². The van der Waals surface area contributed by atoms with Crippen LogP contribution < -0.4 is 16.2 Å². The van der Waals surface area contributed by atoms with Crippen LogP contribution in [0.3, 0.4) is 0 Å². The van der Waals surface area contributed by atoms with Crippen LogP contribution in [0.1, 0.15) is 5.56 Å². The van der Waals surface area contributed by atoms with Gasteiger partial charge in [-0.2, -0.15) is 0 Å². The van der Waals surface area contributed by atoms with Crippen LogP contribution >= 0.6 is 12.2 Å². The van der Waals surface area contributed by atoms with E-state index < -0.39 is 0 Å². The van der Waals surface area contributed by atoms with E-state index in [1.807, 2.05) is 48.5 Å². The van der Waals surface area contributed by atoms with Gasteiger partial charge in [-0.3, -0.25) is 5.43 Å². The molecule has 92 valence electrons. The maximum Gasteiger partial charge on any atom is 0.185 e. The zero-order valence-electron chi connectivity index (χ0n) is 9.89. The molecule has 0 aliphatic rings. The number of anilines is 1. The minimum absolute atomic E-state index is 0.553. The molecule has 18 heavy (non-hydrogen) atoms. The van der Waals surface area contributed by atoms with E-state index in [2.05, 4.69) is 28.3 Å². The van der Waals surface area contributed by atoms with Gasteiger partial charge in [0, 0.05) is 12.2 Å². The predicted molar refractivity (Wildman–Crippen MR) is 79.1 cm³/mol.